The summed E-state index contributed by atoms with van der Waals surface area (Å²) in [5.41, 5.74) is 1.15. The lowest BCUT2D eigenvalue weighted by Gasteiger charge is -2.12. The Morgan fingerprint density at radius 2 is 2.06 bits per heavy atom. The van der Waals surface area contributed by atoms with Crippen LogP contribution in [0, 0.1) is 6.92 Å². The Hall–Kier alpha value is -1.81. The highest BCUT2D eigenvalue weighted by Crippen LogP contribution is 2.23. The smallest absolute Gasteiger partial charge is 0.315 e. The molecule has 3 nitrogen and oxygen atoms in total. The fraction of sp³-hybridized carbons (Fsp3) is 0.214. The molecule has 0 aliphatic carbocycles. The molecule has 94 valence electrons. The van der Waals surface area contributed by atoms with Gasteiger partial charge in [0.15, 0.2) is 0 Å². The molecule has 4 heteroatoms. The van der Waals surface area contributed by atoms with Crippen molar-refractivity contribution in [1.82, 2.24) is 0 Å². The van der Waals surface area contributed by atoms with Crippen molar-refractivity contribution in [2.75, 3.05) is 6.61 Å². The van der Waals surface area contributed by atoms with E-state index in [4.69, 9.17) is 4.74 Å². The minimum atomic E-state index is -0.857. The standard InChI is InChI=1S/C14H14O3S/c1-10-4-6-11(7-5-10)17-9-12(14(15)16)13-3-2-8-18-13/h2-8,12H,9H2,1H3,(H,15,16). The number of thiophene rings is 1. The number of carboxylic acid groups (broad SMARTS) is 1. The first-order valence-electron chi connectivity index (χ1n) is 5.62. The number of hydrogen-bond donors (Lipinski definition) is 1. The van der Waals surface area contributed by atoms with Gasteiger partial charge in [-0.1, -0.05) is 23.8 Å². The maximum Gasteiger partial charge on any atom is 0.315 e. The van der Waals surface area contributed by atoms with E-state index in [0.29, 0.717) is 5.75 Å². The number of ether oxygens (including phenoxy) is 1. The molecule has 0 amide bonds. The molecule has 1 aromatic heterocycles. The van der Waals surface area contributed by atoms with Gasteiger partial charge in [-0.25, -0.2) is 0 Å². The Kier molecular flexibility index (Phi) is 3.99. The van der Waals surface area contributed by atoms with Gasteiger partial charge in [-0.2, -0.15) is 0 Å². The molecule has 1 atom stereocenters. The zero-order valence-corrected chi connectivity index (χ0v) is 10.8. The molecule has 0 fully saturated rings. The number of carbonyl (C=O) groups is 1. The van der Waals surface area contributed by atoms with Crippen LogP contribution in [0.15, 0.2) is 41.8 Å². The summed E-state index contributed by atoms with van der Waals surface area (Å²) in [4.78, 5) is 12.0. The maximum absolute atomic E-state index is 11.2. The second kappa shape index (κ2) is 5.69. The number of aliphatic carboxylic acids is 1. The van der Waals surface area contributed by atoms with Crippen LogP contribution in [0.25, 0.3) is 0 Å². The largest absolute Gasteiger partial charge is 0.492 e. The number of benzene rings is 1. The Morgan fingerprint density at radius 1 is 1.33 bits per heavy atom. The van der Waals surface area contributed by atoms with Crippen LogP contribution in [0.3, 0.4) is 0 Å². The van der Waals surface area contributed by atoms with Crippen LogP contribution in [0.1, 0.15) is 16.4 Å². The first kappa shape index (κ1) is 12.6. The summed E-state index contributed by atoms with van der Waals surface area (Å²) >= 11 is 1.44. The topological polar surface area (TPSA) is 46.5 Å². The van der Waals surface area contributed by atoms with Crippen LogP contribution in [-0.2, 0) is 4.79 Å². The van der Waals surface area contributed by atoms with Gasteiger partial charge in [0, 0.05) is 4.88 Å². The van der Waals surface area contributed by atoms with Gasteiger partial charge < -0.3 is 9.84 Å². The number of rotatable bonds is 5. The van der Waals surface area contributed by atoms with Gasteiger partial charge in [0.2, 0.25) is 0 Å². The van der Waals surface area contributed by atoms with E-state index < -0.39 is 11.9 Å². The second-order valence-corrected chi connectivity index (χ2v) is 5.01. The molecule has 0 radical (unpaired) electrons. The highest BCUT2D eigenvalue weighted by Gasteiger charge is 2.21. The fourth-order valence-corrected chi connectivity index (χ4v) is 2.38. The van der Waals surface area contributed by atoms with Crippen LogP contribution >= 0.6 is 11.3 Å². The van der Waals surface area contributed by atoms with Crippen molar-refractivity contribution in [2.45, 2.75) is 12.8 Å². The van der Waals surface area contributed by atoms with Crippen molar-refractivity contribution in [1.29, 1.82) is 0 Å². The van der Waals surface area contributed by atoms with Crippen molar-refractivity contribution in [3.63, 3.8) is 0 Å². The van der Waals surface area contributed by atoms with Crippen molar-refractivity contribution in [2.24, 2.45) is 0 Å². The Bertz CT molecular complexity index is 502. The lowest BCUT2D eigenvalue weighted by molar-refractivity contribution is -0.139. The number of carboxylic acids is 1. The molecule has 1 aromatic carbocycles. The molecule has 2 aromatic rings. The van der Waals surface area contributed by atoms with Crippen LogP contribution < -0.4 is 4.74 Å². The Morgan fingerprint density at radius 3 is 2.61 bits per heavy atom. The van der Waals surface area contributed by atoms with Crippen LogP contribution in [0.4, 0.5) is 0 Å². The zero-order chi connectivity index (χ0) is 13.0. The van der Waals surface area contributed by atoms with Crippen LogP contribution in [-0.4, -0.2) is 17.7 Å². The van der Waals surface area contributed by atoms with Crippen LogP contribution in [0.5, 0.6) is 5.75 Å². The van der Waals surface area contributed by atoms with Crippen molar-refractivity contribution < 1.29 is 14.6 Å². The van der Waals surface area contributed by atoms with E-state index in [0.717, 1.165) is 10.4 Å². The quantitative estimate of drug-likeness (QED) is 0.899. The van der Waals surface area contributed by atoms with E-state index in [1.54, 1.807) is 0 Å². The molecule has 0 bridgehead atoms. The van der Waals surface area contributed by atoms with E-state index in [2.05, 4.69) is 0 Å². The molecule has 2 rings (SSSR count). The molecule has 1 N–H and O–H groups in total. The molecule has 1 unspecified atom stereocenters. The summed E-state index contributed by atoms with van der Waals surface area (Å²) in [6, 6.07) is 11.3. The molecule has 0 aliphatic rings. The number of hydrogen-bond acceptors (Lipinski definition) is 3. The van der Waals surface area contributed by atoms with Gasteiger partial charge >= 0.3 is 5.97 Å². The highest BCUT2D eigenvalue weighted by molar-refractivity contribution is 7.10. The highest BCUT2D eigenvalue weighted by atomic mass is 32.1. The average Bonchev–Trinajstić information content (AvgIpc) is 2.85. The second-order valence-electron chi connectivity index (χ2n) is 4.03. The molecular formula is C14H14O3S. The van der Waals surface area contributed by atoms with Crippen molar-refractivity contribution in [3.05, 3.63) is 52.2 Å². The van der Waals surface area contributed by atoms with E-state index in [1.807, 2.05) is 48.7 Å². The normalized spacial score (nSPS) is 12.1. The third kappa shape index (κ3) is 3.11. The van der Waals surface area contributed by atoms with Crippen LogP contribution in [0.2, 0.25) is 0 Å². The average molecular weight is 262 g/mol. The maximum atomic E-state index is 11.2. The lowest BCUT2D eigenvalue weighted by atomic mass is 10.1. The predicted octanol–water partition coefficient (Wildman–Crippen LogP) is 3.30. The fourth-order valence-electron chi connectivity index (χ4n) is 1.58. The Balaban J connectivity index is 2.02. The monoisotopic (exact) mass is 262 g/mol. The van der Waals surface area contributed by atoms with Gasteiger partial charge in [-0.15, -0.1) is 11.3 Å². The molecule has 18 heavy (non-hydrogen) atoms. The van der Waals surface area contributed by atoms with Gasteiger partial charge in [0.25, 0.3) is 0 Å². The predicted molar refractivity (Wildman–Crippen MR) is 71.4 cm³/mol. The van der Waals surface area contributed by atoms with Crippen molar-refractivity contribution in [3.8, 4) is 5.75 Å². The molecule has 0 saturated carbocycles. The van der Waals surface area contributed by atoms with Gasteiger partial charge in [-0.3, -0.25) is 4.79 Å². The first-order valence-corrected chi connectivity index (χ1v) is 6.50. The third-order valence-electron chi connectivity index (χ3n) is 2.62. The minimum Gasteiger partial charge on any atom is -0.492 e. The number of aryl methyl sites for hydroxylation is 1. The molecule has 1 heterocycles. The summed E-state index contributed by atoms with van der Waals surface area (Å²) < 4.78 is 5.53. The molecular weight excluding hydrogens is 248 g/mol. The van der Waals surface area contributed by atoms with Gasteiger partial charge in [0.1, 0.15) is 18.3 Å². The van der Waals surface area contributed by atoms with E-state index in [1.165, 1.54) is 11.3 Å². The molecule has 0 aliphatic heterocycles. The third-order valence-corrected chi connectivity index (χ3v) is 3.61. The van der Waals surface area contributed by atoms with E-state index in [9.17, 15) is 9.90 Å². The summed E-state index contributed by atoms with van der Waals surface area (Å²) in [5, 5.41) is 11.1. The van der Waals surface area contributed by atoms with E-state index in [-0.39, 0.29) is 6.61 Å². The summed E-state index contributed by atoms with van der Waals surface area (Å²) in [7, 11) is 0. The SMILES string of the molecule is Cc1ccc(OCC(C(=O)O)c2cccs2)cc1. The van der Waals surface area contributed by atoms with E-state index >= 15 is 0 Å². The lowest BCUT2D eigenvalue weighted by Crippen LogP contribution is -2.18. The van der Waals surface area contributed by atoms with Gasteiger partial charge in [-0.05, 0) is 30.5 Å². The summed E-state index contributed by atoms with van der Waals surface area (Å²) in [6.45, 7) is 2.15. The van der Waals surface area contributed by atoms with Crippen molar-refractivity contribution >= 4 is 17.3 Å². The minimum absolute atomic E-state index is 0.152. The summed E-state index contributed by atoms with van der Waals surface area (Å²) in [6.07, 6.45) is 0. The Labute approximate surface area is 110 Å². The summed E-state index contributed by atoms with van der Waals surface area (Å²) in [5.74, 6) is -0.765. The zero-order valence-electron chi connectivity index (χ0n) is 10.00. The molecule has 0 spiro atoms. The first-order chi connectivity index (χ1) is 8.66. The molecule has 0 saturated heterocycles. The van der Waals surface area contributed by atoms with Gasteiger partial charge in [0.05, 0.1) is 0 Å².